The summed E-state index contributed by atoms with van der Waals surface area (Å²) >= 11 is 0. The summed E-state index contributed by atoms with van der Waals surface area (Å²) < 4.78 is 54.8. The molecule has 0 N–H and O–H groups in total. The van der Waals surface area contributed by atoms with Crippen molar-refractivity contribution >= 4 is 23.3 Å². The highest BCUT2D eigenvalue weighted by atomic mass is 19.4. The highest BCUT2D eigenvalue weighted by Crippen LogP contribution is 2.45. The molecule has 3 aromatic carbocycles. The van der Waals surface area contributed by atoms with Crippen LogP contribution in [-0.2, 0) is 6.18 Å². The number of allylic oxidation sites excluding steroid dienone is 1. The number of ether oxygens (including phenoxy) is 2. The summed E-state index contributed by atoms with van der Waals surface area (Å²) in [5, 5.41) is 10.5. The van der Waals surface area contributed by atoms with Gasteiger partial charge in [-0.25, -0.2) is 14.5 Å². The van der Waals surface area contributed by atoms with Gasteiger partial charge < -0.3 is 9.47 Å². The average Bonchev–Trinajstić information content (AvgIpc) is 3.74. The van der Waals surface area contributed by atoms with Crippen molar-refractivity contribution < 1.29 is 27.4 Å². The summed E-state index contributed by atoms with van der Waals surface area (Å²) in [4.78, 5) is 18.9. The number of rotatable bonds is 7. The van der Waals surface area contributed by atoms with E-state index in [1.54, 1.807) is 26.4 Å². The van der Waals surface area contributed by atoms with E-state index in [9.17, 15) is 18.0 Å². The van der Waals surface area contributed by atoms with Crippen LogP contribution in [0.25, 0.3) is 23.0 Å². The molecule has 1 aliphatic carbocycles. The number of fused-ring (bicyclic) bond motifs is 2. The maximum absolute atomic E-state index is 14.5. The standard InChI is InChI=1S/C39H36F3N5O3/c1-23(2)25-10-12-26(13-11-25)32-21-34(39(40,41)42)46-35(43-32)22-33(44-46)38(48)47-37(27-14-18-30(50-4)19-15-27)31-7-5-6-28(36(31)45-47)20-24-8-16-29(49-3)17-9-24/h8-23,31,37H,5-7H2,1-4H3/b28-20-. The lowest BCUT2D eigenvalue weighted by Gasteiger charge is -2.29. The van der Waals surface area contributed by atoms with Crippen LogP contribution in [0.3, 0.4) is 0 Å². The molecular weight excluding hydrogens is 643 g/mol. The molecule has 3 heterocycles. The molecule has 0 radical (unpaired) electrons. The van der Waals surface area contributed by atoms with Crippen LogP contribution in [0, 0.1) is 5.92 Å². The van der Waals surface area contributed by atoms with Gasteiger partial charge in [0, 0.05) is 17.5 Å². The van der Waals surface area contributed by atoms with Crippen molar-refractivity contribution in [3.8, 4) is 22.8 Å². The monoisotopic (exact) mass is 679 g/mol. The Kier molecular flexibility index (Phi) is 8.67. The third kappa shape index (κ3) is 6.23. The first-order chi connectivity index (χ1) is 24.0. The number of nitrogens with zero attached hydrogens (tertiary/aromatic N) is 5. The maximum Gasteiger partial charge on any atom is 0.433 e. The molecule has 11 heteroatoms. The number of alkyl halides is 3. The van der Waals surface area contributed by atoms with E-state index < -0.39 is 23.8 Å². The molecule has 2 aromatic heterocycles. The number of methoxy groups -OCH3 is 2. The zero-order valence-electron chi connectivity index (χ0n) is 28.1. The third-order valence-corrected chi connectivity index (χ3v) is 9.43. The molecule has 1 saturated carbocycles. The summed E-state index contributed by atoms with van der Waals surface area (Å²) in [7, 11) is 3.20. The van der Waals surface area contributed by atoms with Crippen LogP contribution < -0.4 is 9.47 Å². The summed E-state index contributed by atoms with van der Waals surface area (Å²) in [5.74, 6) is 0.928. The van der Waals surface area contributed by atoms with E-state index in [0.29, 0.717) is 15.8 Å². The molecule has 7 rings (SSSR count). The van der Waals surface area contributed by atoms with E-state index in [2.05, 4.69) is 16.2 Å². The number of hydrogen-bond donors (Lipinski definition) is 0. The Bertz CT molecular complexity index is 2100. The number of amides is 1. The van der Waals surface area contributed by atoms with Crippen LogP contribution in [0.1, 0.15) is 77.9 Å². The van der Waals surface area contributed by atoms with Gasteiger partial charge in [0.2, 0.25) is 0 Å². The third-order valence-electron chi connectivity index (χ3n) is 9.43. The second kappa shape index (κ2) is 13.1. The molecule has 2 unspecified atom stereocenters. The minimum atomic E-state index is -4.75. The second-order valence-electron chi connectivity index (χ2n) is 12.9. The molecule has 50 heavy (non-hydrogen) atoms. The molecule has 5 aromatic rings. The number of hydrazone groups is 1. The first-order valence-electron chi connectivity index (χ1n) is 16.5. The lowest BCUT2D eigenvalue weighted by Crippen LogP contribution is -2.32. The predicted molar refractivity (Wildman–Crippen MR) is 185 cm³/mol. The van der Waals surface area contributed by atoms with Crippen molar-refractivity contribution in [3.05, 3.63) is 119 Å². The Balaban J connectivity index is 1.31. The van der Waals surface area contributed by atoms with E-state index in [0.717, 1.165) is 59.1 Å². The van der Waals surface area contributed by atoms with Crippen molar-refractivity contribution in [1.29, 1.82) is 0 Å². The summed E-state index contributed by atoms with van der Waals surface area (Å²) in [6.45, 7) is 4.09. The minimum absolute atomic E-state index is 0.0866. The van der Waals surface area contributed by atoms with Gasteiger partial charge in [-0.1, -0.05) is 62.4 Å². The molecule has 1 aliphatic heterocycles. The van der Waals surface area contributed by atoms with Crippen LogP contribution in [0.15, 0.2) is 95.6 Å². The molecule has 0 bridgehead atoms. The van der Waals surface area contributed by atoms with Crippen LogP contribution in [0.5, 0.6) is 11.5 Å². The summed E-state index contributed by atoms with van der Waals surface area (Å²) in [6, 6.07) is 24.2. The molecule has 8 nitrogen and oxygen atoms in total. The molecule has 0 saturated heterocycles. The highest BCUT2D eigenvalue weighted by molar-refractivity contribution is 6.09. The first-order valence-corrected chi connectivity index (χ1v) is 16.5. The van der Waals surface area contributed by atoms with Gasteiger partial charge in [-0.15, -0.1) is 0 Å². The molecule has 0 spiro atoms. The fourth-order valence-corrected chi connectivity index (χ4v) is 6.79. The average molecular weight is 680 g/mol. The number of carbonyl (C=O) groups is 1. The fraction of sp³-hybridized carbons (Fsp3) is 0.282. The number of carbonyl (C=O) groups excluding carboxylic acids is 1. The van der Waals surface area contributed by atoms with Crippen LogP contribution in [0.2, 0.25) is 0 Å². The number of aromatic nitrogens is 3. The normalized spacial score (nSPS) is 18.4. The van der Waals surface area contributed by atoms with Crippen molar-refractivity contribution in [3.63, 3.8) is 0 Å². The molecule has 2 aliphatic rings. The smallest absolute Gasteiger partial charge is 0.433 e. The van der Waals surface area contributed by atoms with E-state index in [1.165, 1.54) is 11.1 Å². The fourth-order valence-electron chi connectivity index (χ4n) is 6.79. The number of halogens is 3. The Morgan fingerprint density at radius 3 is 2.20 bits per heavy atom. The van der Waals surface area contributed by atoms with Gasteiger partial charge in [-0.2, -0.15) is 23.4 Å². The largest absolute Gasteiger partial charge is 0.497 e. The Labute approximate surface area is 287 Å². The van der Waals surface area contributed by atoms with Crippen LogP contribution in [-0.4, -0.2) is 45.4 Å². The Morgan fingerprint density at radius 2 is 1.58 bits per heavy atom. The SMILES string of the molecule is COc1ccc(/C=C2/CCCC3C2=NN(C(=O)c2cc4nc(-c5ccc(C(C)C)cc5)cc(C(F)(F)F)n4n2)C3c2ccc(OC)cc2)cc1. The predicted octanol–water partition coefficient (Wildman–Crippen LogP) is 8.99. The number of benzene rings is 3. The molecule has 1 amide bonds. The van der Waals surface area contributed by atoms with E-state index in [1.807, 2.05) is 74.5 Å². The quantitative estimate of drug-likeness (QED) is 0.172. The first kappa shape index (κ1) is 33.1. The molecule has 1 fully saturated rings. The summed E-state index contributed by atoms with van der Waals surface area (Å²) in [5.41, 5.74) is 4.02. The zero-order chi connectivity index (χ0) is 35.2. The molecule has 2 atom stereocenters. The van der Waals surface area contributed by atoms with Crippen LogP contribution in [0.4, 0.5) is 13.2 Å². The number of hydrogen-bond acceptors (Lipinski definition) is 6. The highest BCUT2D eigenvalue weighted by Gasteiger charge is 2.45. The van der Waals surface area contributed by atoms with Gasteiger partial charge in [-0.05, 0) is 83.9 Å². The van der Waals surface area contributed by atoms with Gasteiger partial charge in [0.05, 0.1) is 31.7 Å². The van der Waals surface area contributed by atoms with Gasteiger partial charge in [0.25, 0.3) is 5.91 Å². The lowest BCUT2D eigenvalue weighted by molar-refractivity contribution is -0.142. The van der Waals surface area contributed by atoms with E-state index >= 15 is 0 Å². The molecule has 256 valence electrons. The van der Waals surface area contributed by atoms with Gasteiger partial charge in [0.1, 0.15) is 11.5 Å². The van der Waals surface area contributed by atoms with Crippen molar-refractivity contribution in [2.24, 2.45) is 11.0 Å². The Morgan fingerprint density at radius 1 is 0.920 bits per heavy atom. The van der Waals surface area contributed by atoms with E-state index in [-0.39, 0.29) is 28.9 Å². The maximum atomic E-state index is 14.5. The van der Waals surface area contributed by atoms with Crippen molar-refractivity contribution in [2.45, 2.75) is 51.2 Å². The van der Waals surface area contributed by atoms with Gasteiger partial charge >= 0.3 is 6.18 Å². The van der Waals surface area contributed by atoms with Gasteiger partial charge in [0.15, 0.2) is 17.0 Å². The topological polar surface area (TPSA) is 81.3 Å². The summed E-state index contributed by atoms with van der Waals surface area (Å²) in [6.07, 6.45) is -0.247. The lowest BCUT2D eigenvalue weighted by atomic mass is 9.77. The van der Waals surface area contributed by atoms with Crippen LogP contribution >= 0.6 is 0 Å². The zero-order valence-corrected chi connectivity index (χ0v) is 28.1. The van der Waals surface area contributed by atoms with E-state index in [4.69, 9.17) is 14.6 Å². The Hall–Kier alpha value is -5.45. The van der Waals surface area contributed by atoms with Gasteiger partial charge in [-0.3, -0.25) is 4.79 Å². The van der Waals surface area contributed by atoms with Crippen molar-refractivity contribution in [1.82, 2.24) is 19.6 Å². The minimum Gasteiger partial charge on any atom is -0.497 e. The molecular formula is C39H36F3N5O3. The second-order valence-corrected chi connectivity index (χ2v) is 12.9. The van der Waals surface area contributed by atoms with Crippen molar-refractivity contribution in [2.75, 3.05) is 14.2 Å².